The smallest absolute Gasteiger partial charge is 0.322 e. The fourth-order valence-electron chi connectivity index (χ4n) is 3.57. The molecule has 0 aliphatic carbocycles. The van der Waals surface area contributed by atoms with Crippen LogP contribution in [0.1, 0.15) is 31.7 Å². The molecular weight excluding hydrogens is 384 g/mol. The molecule has 2 amide bonds. The van der Waals surface area contributed by atoms with Gasteiger partial charge in [0.2, 0.25) is 11.7 Å². The van der Waals surface area contributed by atoms with E-state index in [1.807, 2.05) is 55.5 Å². The molecule has 3 aromatic rings. The summed E-state index contributed by atoms with van der Waals surface area (Å²) in [5.74, 6) is 2.31. The molecule has 8 nitrogen and oxygen atoms in total. The molecule has 8 heteroatoms. The number of likely N-dealkylation sites (tertiary alicyclic amines) is 1. The first-order chi connectivity index (χ1) is 14.7. The zero-order valence-electron chi connectivity index (χ0n) is 17.0. The number of hydrogen-bond acceptors (Lipinski definition) is 6. The van der Waals surface area contributed by atoms with Gasteiger partial charge in [0.25, 0.3) is 0 Å². The highest BCUT2D eigenvalue weighted by Crippen LogP contribution is 2.34. The van der Waals surface area contributed by atoms with Crippen molar-refractivity contribution in [3.8, 4) is 22.9 Å². The number of carbonyl (C=O) groups excluding carboxylic acids is 1. The minimum Gasteiger partial charge on any atom is -0.496 e. The van der Waals surface area contributed by atoms with Crippen molar-refractivity contribution in [3.05, 3.63) is 54.4 Å². The molecule has 1 saturated heterocycles. The fourth-order valence-corrected chi connectivity index (χ4v) is 3.57. The van der Waals surface area contributed by atoms with E-state index in [4.69, 9.17) is 14.0 Å². The second-order valence-electron chi connectivity index (χ2n) is 6.90. The Balaban J connectivity index is 1.48. The van der Waals surface area contributed by atoms with Crippen LogP contribution in [-0.4, -0.2) is 41.3 Å². The number of ether oxygens (including phenoxy) is 2. The number of urea groups is 1. The molecule has 156 valence electrons. The van der Waals surface area contributed by atoms with Crippen LogP contribution in [-0.2, 0) is 0 Å². The Morgan fingerprint density at radius 2 is 2.03 bits per heavy atom. The van der Waals surface area contributed by atoms with Crippen LogP contribution in [0.25, 0.3) is 11.4 Å². The molecule has 1 fully saturated rings. The van der Waals surface area contributed by atoms with Gasteiger partial charge >= 0.3 is 6.03 Å². The largest absolute Gasteiger partial charge is 0.496 e. The molecule has 0 radical (unpaired) electrons. The maximum absolute atomic E-state index is 12.9. The molecule has 2 heterocycles. The van der Waals surface area contributed by atoms with Gasteiger partial charge in [0.05, 0.1) is 19.3 Å². The molecule has 1 atom stereocenters. The molecule has 4 rings (SSSR count). The van der Waals surface area contributed by atoms with Gasteiger partial charge in [-0.1, -0.05) is 17.3 Å². The molecule has 1 aromatic heterocycles. The van der Waals surface area contributed by atoms with Gasteiger partial charge in [0, 0.05) is 12.2 Å². The van der Waals surface area contributed by atoms with E-state index in [2.05, 4.69) is 15.5 Å². The van der Waals surface area contributed by atoms with Crippen molar-refractivity contribution in [1.29, 1.82) is 0 Å². The predicted octanol–water partition coefficient (Wildman–Crippen LogP) is 4.51. The van der Waals surface area contributed by atoms with Crippen molar-refractivity contribution in [1.82, 2.24) is 15.0 Å². The minimum atomic E-state index is -0.261. The van der Waals surface area contributed by atoms with Crippen LogP contribution in [0.3, 0.4) is 0 Å². The molecule has 30 heavy (non-hydrogen) atoms. The van der Waals surface area contributed by atoms with Gasteiger partial charge in [-0.2, -0.15) is 4.98 Å². The Morgan fingerprint density at radius 3 is 2.80 bits per heavy atom. The van der Waals surface area contributed by atoms with Gasteiger partial charge in [0.1, 0.15) is 17.5 Å². The molecular formula is C22H24N4O4. The van der Waals surface area contributed by atoms with E-state index >= 15 is 0 Å². The third-order valence-corrected chi connectivity index (χ3v) is 5.00. The summed E-state index contributed by atoms with van der Waals surface area (Å²) in [6.45, 7) is 3.15. The number of rotatable bonds is 6. The van der Waals surface area contributed by atoms with Gasteiger partial charge in [-0.05, 0) is 56.2 Å². The van der Waals surface area contributed by atoms with Crippen molar-refractivity contribution in [3.63, 3.8) is 0 Å². The zero-order chi connectivity index (χ0) is 20.9. The monoisotopic (exact) mass is 408 g/mol. The Kier molecular flexibility index (Phi) is 5.83. The Hall–Kier alpha value is -3.55. The minimum absolute atomic E-state index is 0.196. The van der Waals surface area contributed by atoms with Gasteiger partial charge in [-0.25, -0.2) is 4.79 Å². The summed E-state index contributed by atoms with van der Waals surface area (Å²) in [5.41, 5.74) is 1.45. The highest BCUT2D eigenvalue weighted by molar-refractivity contribution is 5.89. The quantitative estimate of drug-likeness (QED) is 0.645. The van der Waals surface area contributed by atoms with E-state index in [-0.39, 0.29) is 12.1 Å². The van der Waals surface area contributed by atoms with Gasteiger partial charge in [-0.15, -0.1) is 0 Å². The summed E-state index contributed by atoms with van der Waals surface area (Å²) in [4.78, 5) is 19.1. The third kappa shape index (κ3) is 4.07. The number of hydrogen-bond donors (Lipinski definition) is 1. The fraction of sp³-hybridized carbons (Fsp3) is 0.318. The van der Waals surface area contributed by atoms with Crippen molar-refractivity contribution in [2.45, 2.75) is 25.8 Å². The van der Waals surface area contributed by atoms with E-state index in [0.29, 0.717) is 36.3 Å². The second kappa shape index (κ2) is 8.86. The zero-order valence-corrected chi connectivity index (χ0v) is 17.0. The number of benzene rings is 2. The number of methoxy groups -OCH3 is 1. The molecule has 0 spiro atoms. The average molecular weight is 408 g/mol. The van der Waals surface area contributed by atoms with Crippen molar-refractivity contribution in [2.24, 2.45) is 0 Å². The van der Waals surface area contributed by atoms with E-state index in [1.54, 1.807) is 12.0 Å². The lowest BCUT2D eigenvalue weighted by molar-refractivity contribution is 0.193. The highest BCUT2D eigenvalue weighted by Gasteiger charge is 2.34. The number of nitrogens with zero attached hydrogens (tertiary/aromatic N) is 3. The van der Waals surface area contributed by atoms with Crippen LogP contribution >= 0.6 is 0 Å². The van der Waals surface area contributed by atoms with Gasteiger partial charge in [0.15, 0.2) is 0 Å². The standard InChI is InChI=1S/C22H24N4O4/c1-3-29-16-12-10-15(11-13-16)23-22(27)26-14-6-8-18(26)21-24-20(25-30-21)17-7-4-5-9-19(17)28-2/h4-5,7,9-13,18H,3,6,8,14H2,1-2H3,(H,23,27). The summed E-state index contributed by atoms with van der Waals surface area (Å²) < 4.78 is 16.3. The first-order valence-electron chi connectivity index (χ1n) is 9.97. The second-order valence-corrected chi connectivity index (χ2v) is 6.90. The maximum Gasteiger partial charge on any atom is 0.322 e. The van der Waals surface area contributed by atoms with Crippen molar-refractivity contribution < 1.29 is 18.8 Å². The van der Waals surface area contributed by atoms with Crippen LogP contribution in [0.15, 0.2) is 53.1 Å². The van der Waals surface area contributed by atoms with E-state index in [1.165, 1.54) is 0 Å². The molecule has 2 aromatic carbocycles. The molecule has 0 saturated carbocycles. The molecule has 0 bridgehead atoms. The van der Waals surface area contributed by atoms with Crippen LogP contribution in [0.4, 0.5) is 10.5 Å². The highest BCUT2D eigenvalue weighted by atomic mass is 16.5. The van der Waals surface area contributed by atoms with Crippen LogP contribution in [0, 0.1) is 0 Å². The van der Waals surface area contributed by atoms with E-state index in [0.717, 1.165) is 24.2 Å². The number of anilines is 1. The van der Waals surface area contributed by atoms with E-state index in [9.17, 15) is 4.79 Å². The first-order valence-corrected chi connectivity index (χ1v) is 9.97. The Bertz CT molecular complexity index is 1000. The number of nitrogens with one attached hydrogen (secondary N) is 1. The lowest BCUT2D eigenvalue weighted by Crippen LogP contribution is -2.34. The first kappa shape index (κ1) is 19.8. The number of aromatic nitrogens is 2. The summed E-state index contributed by atoms with van der Waals surface area (Å²) in [6, 6.07) is 14.3. The van der Waals surface area contributed by atoms with E-state index < -0.39 is 0 Å². The Labute approximate surface area is 174 Å². The number of amides is 2. The van der Waals surface area contributed by atoms with Gasteiger partial charge in [-0.3, -0.25) is 0 Å². The third-order valence-electron chi connectivity index (χ3n) is 5.00. The van der Waals surface area contributed by atoms with Crippen molar-refractivity contribution in [2.75, 3.05) is 25.6 Å². The summed E-state index contributed by atoms with van der Waals surface area (Å²) >= 11 is 0. The lowest BCUT2D eigenvalue weighted by Gasteiger charge is -2.22. The van der Waals surface area contributed by atoms with Crippen LogP contribution in [0.5, 0.6) is 11.5 Å². The summed E-state index contributed by atoms with van der Waals surface area (Å²) in [5, 5.41) is 7.04. The van der Waals surface area contributed by atoms with Crippen molar-refractivity contribution >= 4 is 11.7 Å². The number of carbonyl (C=O) groups is 1. The number of para-hydroxylation sites is 1. The van der Waals surface area contributed by atoms with Gasteiger partial charge < -0.3 is 24.2 Å². The molecule has 1 aliphatic rings. The lowest BCUT2D eigenvalue weighted by atomic mass is 10.2. The van der Waals surface area contributed by atoms with Crippen LogP contribution < -0.4 is 14.8 Å². The SMILES string of the molecule is CCOc1ccc(NC(=O)N2CCCC2c2nc(-c3ccccc3OC)no2)cc1. The normalized spacial score (nSPS) is 15.8. The molecule has 1 unspecified atom stereocenters. The average Bonchev–Trinajstić information content (AvgIpc) is 3.45. The molecule has 1 N–H and O–H groups in total. The topological polar surface area (TPSA) is 89.7 Å². The maximum atomic E-state index is 12.9. The van der Waals surface area contributed by atoms with Crippen LogP contribution in [0.2, 0.25) is 0 Å². The summed E-state index contributed by atoms with van der Waals surface area (Å²) in [6.07, 6.45) is 1.64. The molecule has 1 aliphatic heterocycles. The Morgan fingerprint density at radius 1 is 1.23 bits per heavy atom. The predicted molar refractivity (Wildman–Crippen MR) is 112 cm³/mol. The summed E-state index contributed by atoms with van der Waals surface area (Å²) in [7, 11) is 1.60.